The van der Waals surface area contributed by atoms with Gasteiger partial charge in [0, 0.05) is 43.4 Å². The van der Waals surface area contributed by atoms with E-state index in [0.29, 0.717) is 62.2 Å². The number of anilines is 2. The van der Waals surface area contributed by atoms with Crippen molar-refractivity contribution in [2.45, 2.75) is 104 Å². The summed E-state index contributed by atoms with van der Waals surface area (Å²) in [4.78, 5) is 40.2. The van der Waals surface area contributed by atoms with Crippen LogP contribution in [-0.2, 0) is 20.9 Å². The number of carbonyl (C=O) groups excluding carboxylic acids is 3. The molecule has 3 amide bonds. The minimum atomic E-state index is -2.54. The molecule has 3 fully saturated rings. The summed E-state index contributed by atoms with van der Waals surface area (Å²) in [7, 11) is 0. The fraction of sp³-hybridized carbons (Fsp3) is 0.436. The summed E-state index contributed by atoms with van der Waals surface area (Å²) in [5.41, 5.74) is 14.0. The monoisotopic (exact) mass is 742 g/mol. The van der Waals surface area contributed by atoms with E-state index >= 15 is 0 Å². The van der Waals surface area contributed by atoms with Crippen LogP contribution in [0.15, 0.2) is 45.4 Å². The van der Waals surface area contributed by atoms with Crippen LogP contribution < -0.4 is 21.7 Å². The highest BCUT2D eigenvalue weighted by atomic mass is 19.3. The molecule has 5 aromatic rings. The molecule has 2 aromatic carbocycles. The number of nitrogen functional groups attached to an aromatic ring is 1. The maximum absolute atomic E-state index is 13.6. The smallest absolute Gasteiger partial charge is 0.248 e. The van der Waals surface area contributed by atoms with Gasteiger partial charge < -0.3 is 35.3 Å². The molecule has 3 aromatic heterocycles. The van der Waals surface area contributed by atoms with E-state index in [1.54, 1.807) is 12.1 Å². The average molecular weight is 743 g/mol. The zero-order valence-corrected chi connectivity index (χ0v) is 30.7. The number of amides is 3. The molecule has 2 saturated heterocycles. The number of imidazole rings is 1. The fourth-order valence-corrected chi connectivity index (χ4v) is 7.75. The molecule has 284 valence electrons. The Labute approximate surface area is 310 Å². The number of nitrogens with zero attached hydrogens (tertiary/aromatic N) is 4. The standard InChI is InChI=1S/C23H26F2N4O2.C16H18N4O3/c1-13-21(14(2)31-28-13)16-3-5-19-18(11-16)27-22(17-4-6-20(30)26-17)29(19)12-15-7-9-23(24,25)10-8-15;1-8-15(9(2)23-20-8)10-3-4-11(17)13(7-10)19-16(22)12-5-6-14(21)18-12/h3,5,11,15,17H,4,6-10,12H2,1-2H3,(H,26,30);3-4,7,12H,5-6,17H2,1-2H3,(H,18,21)(H,19,22)/t17-;12-/m00/s1. The van der Waals surface area contributed by atoms with Crippen molar-refractivity contribution in [3.63, 3.8) is 0 Å². The minimum Gasteiger partial charge on any atom is -0.397 e. The number of rotatable bonds is 7. The summed E-state index contributed by atoms with van der Waals surface area (Å²) in [6, 6.07) is 10.8. The molecule has 0 radical (unpaired) electrons. The van der Waals surface area contributed by atoms with Crippen LogP contribution >= 0.6 is 0 Å². The molecule has 2 aliphatic heterocycles. The van der Waals surface area contributed by atoms with Gasteiger partial charge in [-0.05, 0) is 94.7 Å². The van der Waals surface area contributed by atoms with Gasteiger partial charge in [0.1, 0.15) is 23.4 Å². The van der Waals surface area contributed by atoms with E-state index in [1.807, 2.05) is 52.0 Å². The van der Waals surface area contributed by atoms with Crippen molar-refractivity contribution in [3.05, 3.63) is 65.1 Å². The van der Waals surface area contributed by atoms with Crippen molar-refractivity contribution in [2.75, 3.05) is 11.1 Å². The van der Waals surface area contributed by atoms with E-state index in [-0.39, 0.29) is 42.5 Å². The van der Waals surface area contributed by atoms with Gasteiger partial charge in [0.15, 0.2) is 0 Å². The second kappa shape index (κ2) is 14.7. The quantitative estimate of drug-likeness (QED) is 0.130. The number of aromatic nitrogens is 4. The first-order valence-electron chi connectivity index (χ1n) is 18.3. The van der Waals surface area contributed by atoms with Gasteiger partial charge in [0.05, 0.1) is 39.8 Å². The molecular weight excluding hydrogens is 698 g/mol. The number of hydrogen-bond donors (Lipinski definition) is 4. The third-order valence-corrected chi connectivity index (χ3v) is 10.6. The molecule has 15 heteroatoms. The Balaban J connectivity index is 0.000000175. The van der Waals surface area contributed by atoms with Gasteiger partial charge in [-0.2, -0.15) is 0 Å². The first-order chi connectivity index (χ1) is 25.8. The molecule has 54 heavy (non-hydrogen) atoms. The summed E-state index contributed by atoms with van der Waals surface area (Å²) in [6.07, 6.45) is 2.92. The van der Waals surface area contributed by atoms with E-state index in [2.05, 4.69) is 30.8 Å². The summed E-state index contributed by atoms with van der Waals surface area (Å²) >= 11 is 0. The number of halogens is 2. The third kappa shape index (κ3) is 7.57. The summed E-state index contributed by atoms with van der Waals surface area (Å²) < 4.78 is 39.9. The van der Waals surface area contributed by atoms with E-state index in [1.165, 1.54) is 0 Å². The molecule has 0 spiro atoms. The predicted molar refractivity (Wildman–Crippen MR) is 197 cm³/mol. The number of hydrogen-bond acceptors (Lipinski definition) is 9. The van der Waals surface area contributed by atoms with Crippen molar-refractivity contribution >= 4 is 40.1 Å². The summed E-state index contributed by atoms with van der Waals surface area (Å²) in [6.45, 7) is 8.12. The van der Waals surface area contributed by atoms with Gasteiger partial charge in [-0.25, -0.2) is 13.8 Å². The molecule has 1 aliphatic carbocycles. The van der Waals surface area contributed by atoms with Gasteiger partial charge in [0.2, 0.25) is 23.6 Å². The summed E-state index contributed by atoms with van der Waals surface area (Å²) in [5.74, 6) is -0.447. The highest BCUT2D eigenvalue weighted by Crippen LogP contribution is 2.39. The lowest BCUT2D eigenvalue weighted by Gasteiger charge is -2.29. The SMILES string of the molecule is Cc1noc(C)c1-c1ccc(N)c(NC(=O)[C@@H]2CCC(=O)N2)c1.Cc1noc(C)c1-c1ccc2c(c1)nc([C@@H]1CCC(=O)N1)n2CC1CCC(F)(F)CC1. The lowest BCUT2D eigenvalue weighted by molar-refractivity contribution is -0.122. The Hall–Kier alpha value is -5.60. The van der Waals surface area contributed by atoms with Crippen LogP contribution in [0.3, 0.4) is 0 Å². The number of nitrogens with one attached hydrogen (secondary N) is 3. The van der Waals surface area contributed by atoms with Crippen LogP contribution in [0.2, 0.25) is 0 Å². The Morgan fingerprint density at radius 3 is 2.07 bits per heavy atom. The van der Waals surface area contributed by atoms with Gasteiger partial charge >= 0.3 is 0 Å². The van der Waals surface area contributed by atoms with Crippen LogP contribution in [0.1, 0.15) is 86.1 Å². The molecule has 5 N–H and O–H groups in total. The fourth-order valence-electron chi connectivity index (χ4n) is 7.75. The zero-order chi connectivity index (χ0) is 38.3. The van der Waals surface area contributed by atoms with Crippen LogP contribution in [0.5, 0.6) is 0 Å². The first kappa shape index (κ1) is 36.7. The van der Waals surface area contributed by atoms with Crippen molar-refractivity contribution in [1.82, 2.24) is 30.5 Å². The number of fused-ring (bicyclic) bond motifs is 1. The lowest BCUT2D eigenvalue weighted by atomic mass is 9.86. The van der Waals surface area contributed by atoms with Crippen molar-refractivity contribution in [3.8, 4) is 22.3 Å². The second-order valence-electron chi connectivity index (χ2n) is 14.6. The van der Waals surface area contributed by atoms with Gasteiger partial charge in [-0.15, -0.1) is 0 Å². The number of benzene rings is 2. The highest BCUT2D eigenvalue weighted by molar-refractivity contribution is 6.01. The molecule has 8 rings (SSSR count). The largest absolute Gasteiger partial charge is 0.397 e. The molecule has 3 aliphatic rings. The number of aryl methyl sites for hydroxylation is 4. The van der Waals surface area contributed by atoms with Crippen LogP contribution in [0.4, 0.5) is 20.2 Å². The van der Waals surface area contributed by atoms with E-state index < -0.39 is 12.0 Å². The minimum absolute atomic E-state index is 0.0253. The maximum Gasteiger partial charge on any atom is 0.248 e. The molecule has 0 bridgehead atoms. The van der Waals surface area contributed by atoms with Gasteiger partial charge in [-0.1, -0.05) is 22.4 Å². The number of alkyl halides is 2. The van der Waals surface area contributed by atoms with Crippen LogP contribution in [-0.4, -0.2) is 49.6 Å². The second-order valence-corrected chi connectivity index (χ2v) is 14.6. The predicted octanol–water partition coefficient (Wildman–Crippen LogP) is 6.84. The zero-order valence-electron chi connectivity index (χ0n) is 30.7. The van der Waals surface area contributed by atoms with Crippen LogP contribution in [0, 0.1) is 33.6 Å². The molecule has 5 heterocycles. The number of nitrogens with two attached hydrogens (primary N) is 1. The molecule has 2 atom stereocenters. The molecular formula is C39H44F2N8O5. The van der Waals surface area contributed by atoms with Crippen molar-refractivity contribution in [1.29, 1.82) is 0 Å². The lowest BCUT2D eigenvalue weighted by Crippen LogP contribution is -2.37. The first-order valence-corrected chi connectivity index (χ1v) is 18.3. The normalized spacial score (nSPS) is 19.7. The Morgan fingerprint density at radius 2 is 1.50 bits per heavy atom. The Kier molecular flexibility index (Phi) is 9.98. The number of carbonyl (C=O) groups is 3. The summed E-state index contributed by atoms with van der Waals surface area (Å²) in [5, 5.41) is 16.4. The third-order valence-electron chi connectivity index (χ3n) is 10.6. The van der Waals surface area contributed by atoms with Gasteiger partial charge in [-0.3, -0.25) is 14.4 Å². The van der Waals surface area contributed by atoms with Crippen LogP contribution in [0.25, 0.3) is 33.3 Å². The maximum atomic E-state index is 13.6. The highest BCUT2D eigenvalue weighted by Gasteiger charge is 2.36. The molecule has 1 saturated carbocycles. The Morgan fingerprint density at radius 1 is 0.889 bits per heavy atom. The van der Waals surface area contributed by atoms with E-state index in [4.69, 9.17) is 19.8 Å². The van der Waals surface area contributed by atoms with E-state index in [9.17, 15) is 23.2 Å². The van der Waals surface area contributed by atoms with E-state index in [0.717, 1.165) is 56.3 Å². The van der Waals surface area contributed by atoms with Crippen molar-refractivity contribution < 1.29 is 32.2 Å². The topological polar surface area (TPSA) is 183 Å². The average Bonchev–Trinajstić information content (AvgIpc) is 3.97. The Bertz CT molecular complexity index is 2190. The molecule has 0 unspecified atom stereocenters. The molecule has 13 nitrogen and oxygen atoms in total. The van der Waals surface area contributed by atoms with Gasteiger partial charge in [0.25, 0.3) is 0 Å². The van der Waals surface area contributed by atoms with Crippen molar-refractivity contribution in [2.24, 2.45) is 5.92 Å².